The molecule has 0 bridgehead atoms. The largest absolute Gasteiger partial charge is 0.366 e. The molecule has 0 amide bonds. The second-order valence-electron chi connectivity index (χ2n) is 9.87. The van der Waals surface area contributed by atoms with Gasteiger partial charge in [0, 0.05) is 30.3 Å². The van der Waals surface area contributed by atoms with Gasteiger partial charge in [-0.1, -0.05) is 36.4 Å². The number of nitrogens with zero attached hydrogens (tertiary/aromatic N) is 2. The highest BCUT2D eigenvalue weighted by atomic mass is 127. The number of fused-ring (bicyclic) bond motifs is 8. The van der Waals surface area contributed by atoms with Crippen molar-refractivity contribution in [3.8, 4) is 9.75 Å². The van der Waals surface area contributed by atoms with Gasteiger partial charge in [0.2, 0.25) is 0 Å². The molecule has 0 radical (unpaired) electrons. The van der Waals surface area contributed by atoms with E-state index in [-0.39, 0.29) is 3.42 Å². The van der Waals surface area contributed by atoms with Gasteiger partial charge >= 0.3 is 0 Å². The molecule has 0 aliphatic carbocycles. The first-order valence-corrected chi connectivity index (χ1v) is 15.2. The Morgan fingerprint density at radius 1 is 0.829 bits per heavy atom. The van der Waals surface area contributed by atoms with Crippen LogP contribution in [0.3, 0.4) is 0 Å². The van der Waals surface area contributed by atoms with E-state index in [9.17, 15) is 0 Å². The fraction of sp³-hybridized carbons (Fsp3) is 0.259. The van der Waals surface area contributed by atoms with Gasteiger partial charge < -0.3 is 10.6 Å². The van der Waals surface area contributed by atoms with Gasteiger partial charge in [-0.05, 0) is 56.2 Å². The van der Waals surface area contributed by atoms with E-state index >= 15 is 0 Å². The second kappa shape index (κ2) is 7.74. The Balaban J connectivity index is 1.58. The predicted octanol–water partition coefficient (Wildman–Crippen LogP) is 9.53. The molecule has 5 heterocycles. The summed E-state index contributed by atoms with van der Waals surface area (Å²) >= 11 is 8.26. The van der Waals surface area contributed by atoms with E-state index in [1.807, 2.05) is 34.0 Å². The normalized spacial score (nSPS) is 13.9. The fourth-order valence-electron chi connectivity index (χ4n) is 4.69. The molecule has 7 rings (SSSR count). The first-order valence-electron chi connectivity index (χ1n) is 11.7. The van der Waals surface area contributed by atoms with Crippen LogP contribution in [0.25, 0.3) is 52.0 Å². The van der Waals surface area contributed by atoms with Crippen molar-refractivity contribution in [2.75, 3.05) is 17.3 Å². The zero-order valence-electron chi connectivity index (χ0n) is 19.7. The van der Waals surface area contributed by atoms with Crippen molar-refractivity contribution in [1.82, 2.24) is 9.97 Å². The van der Waals surface area contributed by atoms with E-state index in [1.54, 1.807) is 0 Å². The van der Waals surface area contributed by atoms with Crippen molar-refractivity contribution >= 4 is 110 Å². The summed E-state index contributed by atoms with van der Waals surface area (Å²) < 4.78 is 2.72. The summed E-state index contributed by atoms with van der Waals surface area (Å²) in [5.74, 6) is 0.545. The third-order valence-corrected chi connectivity index (χ3v) is 11.9. The van der Waals surface area contributed by atoms with Crippen LogP contribution in [0, 0.1) is 0 Å². The average molecular weight is 627 g/mol. The lowest BCUT2D eigenvalue weighted by atomic mass is 10.1. The summed E-state index contributed by atoms with van der Waals surface area (Å²) in [6.45, 7) is 9.82. The van der Waals surface area contributed by atoms with Gasteiger partial charge in [0.05, 0.1) is 52.9 Å². The summed E-state index contributed by atoms with van der Waals surface area (Å²) in [5, 5.41) is 9.22. The number of anilines is 2. The van der Waals surface area contributed by atoms with Crippen LogP contribution in [0.4, 0.5) is 11.4 Å². The van der Waals surface area contributed by atoms with Gasteiger partial charge in [-0.2, -0.15) is 0 Å². The number of thiophene rings is 3. The standard InChI is InChI=1S/C27H23IN4S3/c1-12(2)19-5-6-20(33-19)21-7-13-23-24(14-8-22(27(3,4)28)35-26(14)25(13)34-21)32-18-10-16-15(29-11-30-16)9-17(18)31-23/h5-10,12,29-30H,11H2,1-4H3. The number of alkyl halides is 1. The molecule has 6 aromatic rings. The highest BCUT2D eigenvalue weighted by Gasteiger charge is 2.24. The maximum Gasteiger partial charge on any atom is 0.0988 e. The molecule has 0 atom stereocenters. The van der Waals surface area contributed by atoms with Crippen LogP contribution >= 0.6 is 56.6 Å². The molecular formula is C27H23IN4S3. The maximum absolute atomic E-state index is 5.23. The smallest absolute Gasteiger partial charge is 0.0988 e. The molecule has 1 aliphatic heterocycles. The van der Waals surface area contributed by atoms with E-state index in [2.05, 4.69) is 97.3 Å². The van der Waals surface area contributed by atoms with Crippen LogP contribution in [0.2, 0.25) is 0 Å². The van der Waals surface area contributed by atoms with Gasteiger partial charge in [0.25, 0.3) is 0 Å². The molecule has 176 valence electrons. The van der Waals surface area contributed by atoms with Crippen molar-refractivity contribution < 1.29 is 0 Å². The SMILES string of the molecule is CC(C)c1ccc(-c2cc3c4nc5cc6c(cc5nc4c4cc(C(C)(C)I)sc4c3s2)NCN6)s1. The number of benzene rings is 2. The third kappa shape index (κ3) is 3.48. The average Bonchev–Trinajstić information content (AvgIpc) is 3.59. The molecule has 35 heavy (non-hydrogen) atoms. The van der Waals surface area contributed by atoms with Crippen LogP contribution < -0.4 is 10.6 Å². The Morgan fingerprint density at radius 2 is 1.46 bits per heavy atom. The Morgan fingerprint density at radius 3 is 2.06 bits per heavy atom. The molecule has 2 N–H and O–H groups in total. The Hall–Kier alpha value is -2.01. The first-order chi connectivity index (χ1) is 16.8. The van der Waals surface area contributed by atoms with Gasteiger partial charge in [-0.3, -0.25) is 0 Å². The van der Waals surface area contributed by atoms with Gasteiger partial charge in [-0.15, -0.1) is 34.0 Å². The van der Waals surface area contributed by atoms with E-state index in [0.717, 1.165) is 40.1 Å². The second-order valence-corrected chi connectivity index (χ2v) is 15.8. The van der Waals surface area contributed by atoms with Crippen LogP contribution in [0.15, 0.2) is 36.4 Å². The summed E-state index contributed by atoms with van der Waals surface area (Å²) in [7, 11) is 0. The van der Waals surface area contributed by atoms with Crippen molar-refractivity contribution in [3.05, 3.63) is 46.2 Å². The summed E-state index contributed by atoms with van der Waals surface area (Å²) in [6.07, 6.45) is 0. The number of rotatable bonds is 3. The Bertz CT molecular complexity index is 1800. The minimum absolute atomic E-state index is 0.0563. The van der Waals surface area contributed by atoms with Crippen molar-refractivity contribution in [1.29, 1.82) is 0 Å². The van der Waals surface area contributed by atoms with Gasteiger partial charge in [-0.25, -0.2) is 9.97 Å². The zero-order chi connectivity index (χ0) is 24.1. The lowest BCUT2D eigenvalue weighted by molar-refractivity contribution is 0.849. The minimum Gasteiger partial charge on any atom is -0.366 e. The molecule has 0 saturated carbocycles. The Labute approximate surface area is 228 Å². The lowest BCUT2D eigenvalue weighted by Gasteiger charge is -2.12. The molecule has 1 aliphatic rings. The summed E-state index contributed by atoms with van der Waals surface area (Å²) in [6, 6.07) is 13.5. The summed E-state index contributed by atoms with van der Waals surface area (Å²) in [5.41, 5.74) is 6.07. The molecule has 0 unspecified atom stereocenters. The molecule has 0 fully saturated rings. The van der Waals surface area contributed by atoms with Crippen molar-refractivity contribution in [2.45, 2.75) is 37.0 Å². The molecule has 4 nitrogen and oxygen atoms in total. The molecule has 4 aromatic heterocycles. The predicted molar refractivity (Wildman–Crippen MR) is 164 cm³/mol. The highest BCUT2D eigenvalue weighted by Crippen LogP contribution is 2.49. The molecule has 0 saturated heterocycles. The third-order valence-electron chi connectivity index (χ3n) is 6.57. The quantitative estimate of drug-likeness (QED) is 0.117. The summed E-state index contributed by atoms with van der Waals surface area (Å²) in [4.78, 5) is 15.9. The lowest BCUT2D eigenvalue weighted by Crippen LogP contribution is -2.02. The molecular weight excluding hydrogens is 603 g/mol. The minimum atomic E-state index is 0.0563. The molecule has 0 spiro atoms. The van der Waals surface area contributed by atoms with Crippen LogP contribution in [0.1, 0.15) is 43.4 Å². The zero-order valence-corrected chi connectivity index (χ0v) is 24.4. The van der Waals surface area contributed by atoms with Crippen molar-refractivity contribution in [3.63, 3.8) is 0 Å². The number of halogens is 1. The highest BCUT2D eigenvalue weighted by molar-refractivity contribution is 14.1. The van der Waals surface area contributed by atoms with Crippen LogP contribution in [-0.4, -0.2) is 16.6 Å². The number of hydrogen-bond acceptors (Lipinski definition) is 7. The van der Waals surface area contributed by atoms with E-state index < -0.39 is 0 Å². The van der Waals surface area contributed by atoms with Crippen LogP contribution in [-0.2, 0) is 3.42 Å². The molecule has 8 heteroatoms. The van der Waals surface area contributed by atoms with E-state index in [1.165, 1.54) is 39.7 Å². The maximum atomic E-state index is 5.23. The van der Waals surface area contributed by atoms with Gasteiger partial charge in [0.1, 0.15) is 0 Å². The monoisotopic (exact) mass is 626 g/mol. The van der Waals surface area contributed by atoms with Crippen LogP contribution in [0.5, 0.6) is 0 Å². The van der Waals surface area contributed by atoms with Crippen molar-refractivity contribution in [2.24, 2.45) is 0 Å². The van der Waals surface area contributed by atoms with E-state index in [0.29, 0.717) is 5.92 Å². The Kier molecular flexibility index (Phi) is 4.91. The van der Waals surface area contributed by atoms with Gasteiger partial charge in [0.15, 0.2) is 0 Å². The first kappa shape index (κ1) is 22.2. The van der Waals surface area contributed by atoms with E-state index in [4.69, 9.17) is 9.97 Å². The number of nitrogens with one attached hydrogen (secondary N) is 2. The topological polar surface area (TPSA) is 49.8 Å². The molecule has 2 aromatic carbocycles. The number of aromatic nitrogens is 2. The number of hydrogen-bond donors (Lipinski definition) is 2. The fourth-order valence-corrected chi connectivity index (χ4v) is 8.74.